The number of nitrogens with zero attached hydrogens (tertiary/aromatic N) is 1. The monoisotopic (exact) mass is 328 g/mol. The standard InChI is InChI=1S/C18H24N4O2/c1-3-24-18-11-17(15(19)10-16(18)20)22-14-6-4-13(5-7-14)12(2)21-8-9-23/h4-7,10-12,20-21,23H,3,8-9,19H2,1-2H3. The van der Waals surface area contributed by atoms with Gasteiger partial charge in [-0.3, -0.25) is 5.41 Å². The molecular weight excluding hydrogens is 304 g/mol. The van der Waals surface area contributed by atoms with Gasteiger partial charge in [-0.25, -0.2) is 4.99 Å². The molecule has 0 saturated carbocycles. The van der Waals surface area contributed by atoms with Gasteiger partial charge in [0.2, 0.25) is 0 Å². The van der Waals surface area contributed by atoms with Crippen molar-refractivity contribution in [2.45, 2.75) is 19.9 Å². The number of allylic oxidation sites excluding steroid dienone is 2. The molecule has 1 aliphatic rings. The summed E-state index contributed by atoms with van der Waals surface area (Å²) < 4.78 is 5.43. The molecule has 0 fully saturated rings. The lowest BCUT2D eigenvalue weighted by molar-refractivity contribution is 0.250. The molecule has 2 rings (SSSR count). The molecule has 1 aliphatic carbocycles. The van der Waals surface area contributed by atoms with Gasteiger partial charge in [-0.1, -0.05) is 12.1 Å². The third-order valence-electron chi connectivity index (χ3n) is 3.63. The largest absolute Gasteiger partial charge is 0.492 e. The summed E-state index contributed by atoms with van der Waals surface area (Å²) in [5.41, 5.74) is 9.16. The summed E-state index contributed by atoms with van der Waals surface area (Å²) >= 11 is 0. The van der Waals surface area contributed by atoms with Gasteiger partial charge in [0.15, 0.2) is 0 Å². The van der Waals surface area contributed by atoms with Crippen LogP contribution < -0.4 is 11.1 Å². The molecule has 128 valence electrons. The summed E-state index contributed by atoms with van der Waals surface area (Å²) in [5.74, 6) is 0.476. The molecule has 0 heterocycles. The van der Waals surface area contributed by atoms with E-state index in [1.54, 1.807) is 12.2 Å². The molecule has 1 aromatic rings. The van der Waals surface area contributed by atoms with Crippen LogP contribution in [0.4, 0.5) is 5.69 Å². The Morgan fingerprint density at radius 3 is 2.62 bits per heavy atom. The third kappa shape index (κ3) is 4.53. The molecule has 0 saturated heterocycles. The number of aliphatic hydroxyl groups is 1. The van der Waals surface area contributed by atoms with Crippen LogP contribution in [-0.4, -0.2) is 36.3 Å². The van der Waals surface area contributed by atoms with Gasteiger partial charge in [-0.15, -0.1) is 0 Å². The molecule has 0 bridgehead atoms. The summed E-state index contributed by atoms with van der Waals surface area (Å²) in [6.07, 6.45) is 3.25. The van der Waals surface area contributed by atoms with Crippen LogP contribution >= 0.6 is 0 Å². The number of benzene rings is 1. The summed E-state index contributed by atoms with van der Waals surface area (Å²) in [6.45, 7) is 5.08. The molecular formula is C18H24N4O2. The van der Waals surface area contributed by atoms with Crippen LogP contribution in [-0.2, 0) is 4.74 Å². The van der Waals surface area contributed by atoms with Crippen LogP contribution in [0.15, 0.2) is 52.9 Å². The number of hydrogen-bond acceptors (Lipinski definition) is 6. The molecule has 0 aliphatic heterocycles. The number of nitrogens with two attached hydrogens (primary N) is 1. The molecule has 1 aromatic carbocycles. The second kappa shape index (κ2) is 8.42. The van der Waals surface area contributed by atoms with E-state index in [1.165, 1.54) is 0 Å². The molecule has 5 N–H and O–H groups in total. The molecule has 1 atom stereocenters. The molecule has 0 amide bonds. The van der Waals surface area contributed by atoms with E-state index in [0.29, 0.717) is 30.3 Å². The van der Waals surface area contributed by atoms with Crippen molar-refractivity contribution in [3.63, 3.8) is 0 Å². The summed E-state index contributed by atoms with van der Waals surface area (Å²) in [4.78, 5) is 4.54. The van der Waals surface area contributed by atoms with Gasteiger partial charge >= 0.3 is 0 Å². The second-order valence-corrected chi connectivity index (χ2v) is 5.44. The zero-order valence-corrected chi connectivity index (χ0v) is 14.0. The van der Waals surface area contributed by atoms with Crippen LogP contribution in [0.25, 0.3) is 0 Å². The number of aliphatic hydroxyl groups excluding tert-OH is 1. The molecule has 6 nitrogen and oxygen atoms in total. The number of rotatable bonds is 7. The number of nitrogens with one attached hydrogen (secondary N) is 2. The predicted molar refractivity (Wildman–Crippen MR) is 96.7 cm³/mol. The van der Waals surface area contributed by atoms with Gasteiger partial charge in [-0.2, -0.15) is 0 Å². The summed E-state index contributed by atoms with van der Waals surface area (Å²) in [5, 5.41) is 19.9. The summed E-state index contributed by atoms with van der Waals surface area (Å²) in [7, 11) is 0. The Morgan fingerprint density at radius 1 is 1.29 bits per heavy atom. The fourth-order valence-corrected chi connectivity index (χ4v) is 2.33. The number of ether oxygens (including phenoxy) is 1. The van der Waals surface area contributed by atoms with E-state index < -0.39 is 0 Å². The van der Waals surface area contributed by atoms with Crippen molar-refractivity contribution in [3.8, 4) is 0 Å². The zero-order valence-electron chi connectivity index (χ0n) is 14.0. The van der Waals surface area contributed by atoms with Gasteiger partial charge < -0.3 is 20.9 Å². The molecule has 6 heteroatoms. The Kier molecular flexibility index (Phi) is 6.28. The van der Waals surface area contributed by atoms with E-state index in [4.69, 9.17) is 21.0 Å². The number of hydrogen-bond donors (Lipinski definition) is 4. The topological polar surface area (TPSA) is 104 Å². The van der Waals surface area contributed by atoms with Crippen molar-refractivity contribution >= 4 is 17.1 Å². The highest BCUT2D eigenvalue weighted by molar-refractivity contribution is 6.22. The lowest BCUT2D eigenvalue weighted by Crippen LogP contribution is -2.21. The van der Waals surface area contributed by atoms with Gasteiger partial charge in [0.05, 0.1) is 36.0 Å². The van der Waals surface area contributed by atoms with Crippen molar-refractivity contribution < 1.29 is 9.84 Å². The van der Waals surface area contributed by atoms with Crippen molar-refractivity contribution in [2.75, 3.05) is 19.8 Å². The highest BCUT2D eigenvalue weighted by Gasteiger charge is 2.15. The molecule has 0 spiro atoms. The third-order valence-corrected chi connectivity index (χ3v) is 3.63. The van der Waals surface area contributed by atoms with Gasteiger partial charge in [0.1, 0.15) is 5.76 Å². The quantitative estimate of drug-likeness (QED) is 0.576. The molecule has 1 unspecified atom stereocenters. The minimum atomic E-state index is 0.116. The van der Waals surface area contributed by atoms with Crippen molar-refractivity contribution in [1.29, 1.82) is 5.41 Å². The van der Waals surface area contributed by atoms with E-state index in [0.717, 1.165) is 11.3 Å². The number of aliphatic imine (C=N–C) groups is 1. The Labute approximate surface area is 142 Å². The first-order chi connectivity index (χ1) is 11.5. The lowest BCUT2D eigenvalue weighted by Gasteiger charge is -2.15. The van der Waals surface area contributed by atoms with Crippen LogP contribution in [0, 0.1) is 5.41 Å². The fourth-order valence-electron chi connectivity index (χ4n) is 2.33. The minimum absolute atomic E-state index is 0.116. The first kappa shape index (κ1) is 17.9. The maximum Gasteiger partial charge on any atom is 0.146 e. The van der Waals surface area contributed by atoms with E-state index in [-0.39, 0.29) is 18.4 Å². The predicted octanol–water partition coefficient (Wildman–Crippen LogP) is 2.20. The Balaban J connectivity index is 2.18. The van der Waals surface area contributed by atoms with E-state index in [1.807, 2.05) is 38.1 Å². The van der Waals surface area contributed by atoms with E-state index in [2.05, 4.69) is 10.3 Å². The van der Waals surface area contributed by atoms with Crippen molar-refractivity contribution in [3.05, 3.63) is 53.4 Å². The highest BCUT2D eigenvalue weighted by atomic mass is 16.5. The maximum atomic E-state index is 8.86. The maximum absolute atomic E-state index is 8.86. The highest BCUT2D eigenvalue weighted by Crippen LogP contribution is 2.20. The van der Waals surface area contributed by atoms with E-state index >= 15 is 0 Å². The average Bonchev–Trinajstić information content (AvgIpc) is 2.57. The Morgan fingerprint density at radius 2 is 2.00 bits per heavy atom. The van der Waals surface area contributed by atoms with Crippen LogP contribution in [0.1, 0.15) is 25.5 Å². The van der Waals surface area contributed by atoms with Crippen molar-refractivity contribution in [2.24, 2.45) is 10.7 Å². The first-order valence-electron chi connectivity index (χ1n) is 7.99. The summed E-state index contributed by atoms with van der Waals surface area (Å²) in [6, 6.07) is 7.98. The van der Waals surface area contributed by atoms with Crippen LogP contribution in [0.5, 0.6) is 0 Å². The van der Waals surface area contributed by atoms with Gasteiger partial charge in [0.25, 0.3) is 0 Å². The molecule has 0 radical (unpaired) electrons. The van der Waals surface area contributed by atoms with Crippen molar-refractivity contribution in [1.82, 2.24) is 5.32 Å². The Bertz CT molecular complexity index is 675. The minimum Gasteiger partial charge on any atom is -0.492 e. The zero-order chi connectivity index (χ0) is 17.5. The fraction of sp³-hybridized carbons (Fsp3) is 0.333. The SMILES string of the molecule is CCOC1=CC(=Nc2ccc(C(C)NCCO)cc2)C(N)=CC1=N. The van der Waals surface area contributed by atoms with Crippen LogP contribution in [0.2, 0.25) is 0 Å². The van der Waals surface area contributed by atoms with Gasteiger partial charge in [-0.05, 0) is 37.6 Å². The smallest absolute Gasteiger partial charge is 0.146 e. The normalized spacial score (nSPS) is 17.5. The lowest BCUT2D eigenvalue weighted by atomic mass is 10.1. The average molecular weight is 328 g/mol. The van der Waals surface area contributed by atoms with Crippen LogP contribution in [0.3, 0.4) is 0 Å². The van der Waals surface area contributed by atoms with Gasteiger partial charge in [0, 0.05) is 18.7 Å². The second-order valence-electron chi connectivity index (χ2n) is 5.44. The molecule has 24 heavy (non-hydrogen) atoms. The first-order valence-corrected chi connectivity index (χ1v) is 7.99. The van der Waals surface area contributed by atoms with E-state index in [9.17, 15) is 0 Å². The molecule has 0 aromatic heterocycles. The Hall–Kier alpha value is -2.44.